The predicted octanol–water partition coefficient (Wildman–Crippen LogP) is -14.5. The number of ether oxygens (including phenoxy) is 1. The zero-order chi connectivity index (χ0) is 14.5. The third-order valence-corrected chi connectivity index (χ3v) is 1.90. The van der Waals surface area contributed by atoms with Gasteiger partial charge in [-0.2, -0.15) is 0 Å². The number of carboxylic acids is 3. The summed E-state index contributed by atoms with van der Waals surface area (Å²) in [4.78, 5) is 43.2. The van der Waals surface area contributed by atoms with Crippen molar-refractivity contribution in [2.24, 2.45) is 0 Å². The molecule has 0 spiro atoms. The van der Waals surface area contributed by atoms with Crippen LogP contribution >= 0.6 is 0 Å². The van der Waals surface area contributed by atoms with Gasteiger partial charge in [0.15, 0.2) is 0 Å². The maximum absolute atomic E-state index is 11.1. The van der Waals surface area contributed by atoms with Crippen LogP contribution in [-0.2, 0) is 23.9 Å². The van der Waals surface area contributed by atoms with Crippen molar-refractivity contribution in [2.75, 3.05) is 0 Å². The Kier molecular flexibility index (Phi) is 39.4. The minimum absolute atomic E-state index is 0. The minimum Gasteiger partial charge on any atom is -1.00 e. The first-order valence-corrected chi connectivity index (χ1v) is 4.68. The number of hydrogen-bond donors (Lipinski definition) is 4. The largest absolute Gasteiger partial charge is 1.00 e. The zero-order valence-electron chi connectivity index (χ0n) is 18.3. The van der Waals surface area contributed by atoms with Crippen molar-refractivity contribution in [1.29, 1.82) is 0 Å². The van der Waals surface area contributed by atoms with Gasteiger partial charge in [-0.3, -0.25) is 9.59 Å². The maximum atomic E-state index is 11.1. The number of carbonyl (C=O) groups is 4. The molecule has 0 rings (SSSR count). The molecular formula is C9H20Na4O11. The van der Waals surface area contributed by atoms with E-state index >= 15 is 0 Å². The smallest absolute Gasteiger partial charge is 1.00 e. The molecule has 0 fully saturated rings. The Morgan fingerprint density at radius 1 is 0.917 bits per heavy atom. The molecule has 0 aromatic carbocycles. The van der Waals surface area contributed by atoms with Crippen molar-refractivity contribution in [1.82, 2.24) is 0 Å². The summed E-state index contributed by atoms with van der Waals surface area (Å²) in [6.07, 6.45) is -4.16. The molecular weight excluding hydrogens is 376 g/mol. The van der Waals surface area contributed by atoms with Crippen LogP contribution in [0.15, 0.2) is 0 Å². The first-order chi connectivity index (χ1) is 8.10. The molecule has 15 heteroatoms. The molecule has 0 saturated heterocycles. The molecule has 0 aliphatic heterocycles. The summed E-state index contributed by atoms with van der Waals surface area (Å²) in [5, 5.41) is 34.8. The maximum Gasteiger partial charge on any atom is 1.00 e. The molecule has 0 amide bonds. The van der Waals surface area contributed by atoms with Gasteiger partial charge in [0.1, 0.15) is 6.10 Å². The van der Waals surface area contributed by atoms with E-state index in [1.165, 1.54) is 0 Å². The number of aliphatic hydroxyl groups is 1. The number of esters is 1. The van der Waals surface area contributed by atoms with Crippen LogP contribution in [0.25, 0.3) is 0 Å². The van der Waals surface area contributed by atoms with Crippen LogP contribution in [0, 0.1) is 0 Å². The van der Waals surface area contributed by atoms with Crippen LogP contribution in [0.1, 0.15) is 25.5 Å². The van der Waals surface area contributed by atoms with Crippen molar-refractivity contribution in [3.63, 3.8) is 0 Å². The fourth-order valence-corrected chi connectivity index (χ4v) is 1.10. The van der Waals surface area contributed by atoms with E-state index in [0.717, 1.165) is 6.92 Å². The normalized spacial score (nSPS) is 9.42. The molecule has 8 N–H and O–H groups in total. The van der Waals surface area contributed by atoms with Gasteiger partial charge in [-0.05, 0) is 6.92 Å². The molecule has 126 valence electrons. The fourth-order valence-electron chi connectivity index (χ4n) is 1.10. The van der Waals surface area contributed by atoms with Crippen LogP contribution < -0.4 is 118 Å². The molecule has 11 nitrogen and oxygen atoms in total. The van der Waals surface area contributed by atoms with Crippen LogP contribution in [0.5, 0.6) is 0 Å². The van der Waals surface area contributed by atoms with E-state index in [-0.39, 0.29) is 135 Å². The molecule has 0 radical (unpaired) electrons. The van der Waals surface area contributed by atoms with Crippen LogP contribution in [0.3, 0.4) is 0 Å². The average molecular weight is 396 g/mol. The quantitative estimate of drug-likeness (QED) is 0.236. The molecule has 0 aromatic rings. The van der Waals surface area contributed by atoms with Gasteiger partial charge in [0.2, 0.25) is 5.60 Å². The molecule has 0 bridgehead atoms. The van der Waals surface area contributed by atoms with E-state index in [2.05, 4.69) is 4.74 Å². The second-order valence-corrected chi connectivity index (χ2v) is 3.54. The Morgan fingerprint density at radius 3 is 1.38 bits per heavy atom. The minimum atomic E-state index is -2.74. The van der Waals surface area contributed by atoms with Crippen LogP contribution in [0.4, 0.5) is 0 Å². The third kappa shape index (κ3) is 17.2. The van der Waals surface area contributed by atoms with Gasteiger partial charge < -0.3 is 41.8 Å². The van der Waals surface area contributed by atoms with E-state index in [4.69, 9.17) is 20.4 Å². The molecule has 0 heterocycles. The van der Waals surface area contributed by atoms with E-state index < -0.39 is 48.4 Å². The Labute approximate surface area is 231 Å². The summed E-state index contributed by atoms with van der Waals surface area (Å²) >= 11 is 0. The van der Waals surface area contributed by atoms with Crippen molar-refractivity contribution in [3.8, 4) is 0 Å². The van der Waals surface area contributed by atoms with E-state index in [1.807, 2.05) is 0 Å². The van der Waals surface area contributed by atoms with Gasteiger partial charge in [0.25, 0.3) is 0 Å². The molecule has 0 aromatic heterocycles. The number of aliphatic carboxylic acids is 3. The fraction of sp³-hybridized carbons (Fsp3) is 0.556. The Hall–Kier alpha value is 1.76. The first-order valence-electron chi connectivity index (χ1n) is 4.68. The average Bonchev–Trinajstić information content (AvgIpc) is 2.14. The van der Waals surface area contributed by atoms with Crippen LogP contribution in [0.2, 0.25) is 0 Å². The van der Waals surface area contributed by atoms with E-state index in [9.17, 15) is 19.2 Å². The van der Waals surface area contributed by atoms with Gasteiger partial charge in [-0.25, -0.2) is 9.59 Å². The zero-order valence-corrected chi connectivity index (χ0v) is 22.3. The van der Waals surface area contributed by atoms with Gasteiger partial charge in [0, 0.05) is 0 Å². The monoisotopic (exact) mass is 396 g/mol. The summed E-state index contributed by atoms with van der Waals surface area (Å²) in [6.45, 7) is 0.969. The number of carbonyl (C=O) groups excluding carboxylic acids is 1. The number of aliphatic hydroxyl groups excluding tert-OH is 1. The summed E-state index contributed by atoms with van der Waals surface area (Å²) in [6, 6.07) is 0. The topological polar surface area (TPSA) is 221 Å². The standard InChI is InChI=1S/C9H12O9.4Na.2H2O.4H/c1-4(10)7(15)18-9(8(16)17,2-5(11)12)3-6(13)14;;;;;;;;;;/h4,10H,2-3H2,1H3,(H,11,12)(H,13,14)(H,16,17);;;;;2*1H2;;;;/q;4*+1;;;4*-1. The van der Waals surface area contributed by atoms with E-state index in [0.29, 0.717) is 0 Å². The predicted molar refractivity (Wildman–Crippen MR) is 64.3 cm³/mol. The number of carboxylic acid groups (broad SMARTS) is 3. The summed E-state index contributed by atoms with van der Waals surface area (Å²) in [7, 11) is 0. The molecule has 24 heavy (non-hydrogen) atoms. The second-order valence-electron chi connectivity index (χ2n) is 3.54. The van der Waals surface area contributed by atoms with Crippen molar-refractivity contribution >= 4 is 23.9 Å². The van der Waals surface area contributed by atoms with Gasteiger partial charge >= 0.3 is 142 Å². The first kappa shape index (κ1) is 44.9. The van der Waals surface area contributed by atoms with Crippen LogP contribution in [-0.4, -0.2) is 67.0 Å². The van der Waals surface area contributed by atoms with Crippen molar-refractivity contribution in [2.45, 2.75) is 31.5 Å². The van der Waals surface area contributed by atoms with Crippen molar-refractivity contribution in [3.05, 3.63) is 0 Å². The molecule has 0 aliphatic rings. The van der Waals surface area contributed by atoms with Gasteiger partial charge in [-0.15, -0.1) is 0 Å². The summed E-state index contributed by atoms with van der Waals surface area (Å²) in [5.74, 6) is -6.64. The second kappa shape index (κ2) is 21.1. The van der Waals surface area contributed by atoms with E-state index in [1.54, 1.807) is 0 Å². The summed E-state index contributed by atoms with van der Waals surface area (Å²) in [5.41, 5.74) is -2.74. The molecule has 0 aliphatic carbocycles. The van der Waals surface area contributed by atoms with Gasteiger partial charge in [-0.1, -0.05) is 0 Å². The molecule has 0 saturated carbocycles. The third-order valence-electron chi connectivity index (χ3n) is 1.90. The Bertz CT molecular complexity index is 388. The Balaban J connectivity index is -0.0000000321. The number of rotatable bonds is 7. The molecule has 1 unspecified atom stereocenters. The number of hydrogen-bond acceptors (Lipinski definition) is 6. The van der Waals surface area contributed by atoms with Gasteiger partial charge in [0.05, 0.1) is 12.8 Å². The SMILES string of the molecule is CC(O)C(=O)OC(CC(=O)O)(CC(=O)O)C(=O)O.O.O.[H-].[H-].[H-].[H-].[Na+].[Na+].[Na+].[Na+]. The van der Waals surface area contributed by atoms with Crippen molar-refractivity contribution < 1.29 is 179 Å². The summed E-state index contributed by atoms with van der Waals surface area (Å²) < 4.78 is 4.33. The molecule has 1 atom stereocenters. The Morgan fingerprint density at radius 2 is 1.21 bits per heavy atom.